The first-order chi connectivity index (χ1) is 26.2. The highest BCUT2D eigenvalue weighted by atomic mass is 16.5. The van der Waals surface area contributed by atoms with E-state index < -0.39 is 0 Å². The average molecular weight is 755 g/mol. The summed E-state index contributed by atoms with van der Waals surface area (Å²) < 4.78 is 7.26. The van der Waals surface area contributed by atoms with Gasteiger partial charge in [0.25, 0.3) is 0 Å². The zero-order valence-corrected chi connectivity index (χ0v) is 38.2. The summed E-state index contributed by atoms with van der Waals surface area (Å²) in [7, 11) is 0. The Kier molecular flexibility index (Phi) is 11.8. The lowest BCUT2D eigenvalue weighted by molar-refractivity contribution is -0.0927. The lowest BCUT2D eigenvalue weighted by Crippen LogP contribution is -2.52. The van der Waals surface area contributed by atoms with E-state index in [1.807, 2.05) is 11.1 Å². The van der Waals surface area contributed by atoms with Gasteiger partial charge in [-0.05, 0) is 195 Å². The number of ether oxygens (including phenoxy) is 1. The fraction of sp³-hybridized carbons (Fsp3) is 0.926. The van der Waals surface area contributed by atoms with Crippen molar-refractivity contribution >= 4 is 0 Å². The van der Waals surface area contributed by atoms with E-state index in [0.717, 1.165) is 71.0 Å². The van der Waals surface area contributed by atoms with E-state index >= 15 is 0 Å². The summed E-state index contributed by atoms with van der Waals surface area (Å²) in [6, 6.07) is 0. The second-order valence-corrected chi connectivity index (χ2v) is 24.4. The second-order valence-electron chi connectivity index (χ2n) is 24.4. The molecular weight excluding hydrogens is 665 g/mol. The SMILES string of the molecule is CC(C)CCCC(C)C1CCC2C3CC=C4CC(OC5CCC6(C)C(=CCC7C6CCC6(C)C(C(C)CCCC(C)C)CCC76)C5)CCC4(C)C3CCC12C. The van der Waals surface area contributed by atoms with Crippen molar-refractivity contribution in [3.63, 3.8) is 0 Å². The van der Waals surface area contributed by atoms with Crippen molar-refractivity contribution in [1.82, 2.24) is 0 Å². The maximum Gasteiger partial charge on any atom is 0.0616 e. The van der Waals surface area contributed by atoms with Gasteiger partial charge in [-0.25, -0.2) is 0 Å². The van der Waals surface area contributed by atoms with Gasteiger partial charge in [0.1, 0.15) is 0 Å². The molecule has 6 saturated carbocycles. The maximum atomic E-state index is 7.26. The molecule has 0 aromatic rings. The molecule has 0 bridgehead atoms. The Morgan fingerprint density at radius 3 is 1.33 bits per heavy atom. The average Bonchev–Trinajstić information content (AvgIpc) is 3.68. The monoisotopic (exact) mass is 755 g/mol. The third-order valence-corrected chi connectivity index (χ3v) is 20.9. The minimum atomic E-state index is 0.428. The second kappa shape index (κ2) is 15.8. The van der Waals surface area contributed by atoms with Crippen molar-refractivity contribution in [2.24, 2.45) is 92.7 Å². The first-order valence-corrected chi connectivity index (χ1v) is 25.2. The van der Waals surface area contributed by atoms with Gasteiger partial charge in [-0.1, -0.05) is 131 Å². The van der Waals surface area contributed by atoms with Crippen LogP contribution in [-0.4, -0.2) is 12.2 Å². The van der Waals surface area contributed by atoms with Crippen LogP contribution in [0.4, 0.5) is 0 Å². The molecule has 0 amide bonds. The van der Waals surface area contributed by atoms with Gasteiger partial charge in [-0.15, -0.1) is 0 Å². The quantitative estimate of drug-likeness (QED) is 0.180. The molecular formula is C54H90O. The molecule has 8 aliphatic rings. The minimum absolute atomic E-state index is 0.428. The zero-order valence-electron chi connectivity index (χ0n) is 38.2. The summed E-state index contributed by atoms with van der Waals surface area (Å²) in [4.78, 5) is 0. The topological polar surface area (TPSA) is 9.23 Å². The Balaban J connectivity index is 0.872. The molecule has 0 aromatic carbocycles. The van der Waals surface area contributed by atoms with Crippen molar-refractivity contribution in [3.05, 3.63) is 23.3 Å². The minimum Gasteiger partial charge on any atom is -0.374 e. The van der Waals surface area contributed by atoms with Crippen molar-refractivity contribution < 1.29 is 4.74 Å². The number of fused-ring (bicyclic) bond motifs is 10. The highest BCUT2D eigenvalue weighted by Crippen LogP contribution is 2.69. The molecule has 1 heteroatoms. The van der Waals surface area contributed by atoms with Crippen LogP contribution in [-0.2, 0) is 4.74 Å². The molecule has 0 N–H and O–H groups in total. The first-order valence-electron chi connectivity index (χ1n) is 25.2. The molecule has 0 aromatic heterocycles. The molecule has 16 atom stereocenters. The van der Waals surface area contributed by atoms with Gasteiger partial charge >= 0.3 is 0 Å². The molecule has 8 rings (SSSR count). The van der Waals surface area contributed by atoms with Gasteiger partial charge in [-0.2, -0.15) is 0 Å². The molecule has 0 heterocycles. The molecule has 1 nitrogen and oxygen atoms in total. The summed E-state index contributed by atoms with van der Waals surface area (Å²) in [5.74, 6) is 11.1. The van der Waals surface area contributed by atoms with Crippen LogP contribution in [0, 0.1) is 92.7 Å². The summed E-state index contributed by atoms with van der Waals surface area (Å²) in [6.45, 7) is 25.9. The van der Waals surface area contributed by atoms with Crippen molar-refractivity contribution in [1.29, 1.82) is 0 Å². The van der Waals surface area contributed by atoms with Crippen LogP contribution < -0.4 is 0 Å². The van der Waals surface area contributed by atoms with Crippen molar-refractivity contribution in [3.8, 4) is 0 Å². The number of allylic oxidation sites excluding steroid dienone is 2. The Morgan fingerprint density at radius 1 is 0.509 bits per heavy atom. The van der Waals surface area contributed by atoms with E-state index in [1.54, 1.807) is 0 Å². The number of hydrogen-bond donors (Lipinski definition) is 0. The predicted molar refractivity (Wildman–Crippen MR) is 235 cm³/mol. The molecule has 55 heavy (non-hydrogen) atoms. The molecule has 312 valence electrons. The smallest absolute Gasteiger partial charge is 0.0616 e. The van der Waals surface area contributed by atoms with Gasteiger partial charge in [0, 0.05) is 0 Å². The van der Waals surface area contributed by atoms with Crippen LogP contribution in [0.2, 0.25) is 0 Å². The highest BCUT2D eigenvalue weighted by Gasteiger charge is 2.61. The number of rotatable bonds is 12. The maximum absolute atomic E-state index is 7.26. The normalized spacial score (nSPS) is 47.5. The molecule has 6 fully saturated rings. The fourth-order valence-electron chi connectivity index (χ4n) is 17.8. The van der Waals surface area contributed by atoms with E-state index in [4.69, 9.17) is 4.74 Å². The van der Waals surface area contributed by atoms with Gasteiger partial charge in [-0.3, -0.25) is 0 Å². The van der Waals surface area contributed by atoms with Crippen LogP contribution >= 0.6 is 0 Å². The van der Waals surface area contributed by atoms with Gasteiger partial charge < -0.3 is 4.74 Å². The van der Waals surface area contributed by atoms with Crippen molar-refractivity contribution in [2.75, 3.05) is 0 Å². The van der Waals surface area contributed by atoms with Crippen LogP contribution in [0.5, 0.6) is 0 Å². The van der Waals surface area contributed by atoms with Gasteiger partial charge in [0.2, 0.25) is 0 Å². The van der Waals surface area contributed by atoms with Gasteiger partial charge in [0.05, 0.1) is 12.2 Å². The van der Waals surface area contributed by atoms with E-state index in [1.165, 1.54) is 141 Å². The summed E-state index contributed by atoms with van der Waals surface area (Å²) >= 11 is 0. The standard InChI is InChI=1S/C54H90O/c1-35(2)13-11-15-37(5)45-21-23-47-43-19-17-39-33-41(25-29-51(39,7)49(43)27-31-53(45,47)9)55-42-26-30-52(8)40(34-42)18-20-44-48-24-22-46(38(6)16-12-14-36(3)4)54(48,10)32-28-50(44)52/h17-18,35-38,41-50H,11-16,19-34H2,1-10H3. The Labute approximate surface area is 342 Å². The molecule has 0 aliphatic heterocycles. The Bertz CT molecular complexity index is 1300. The van der Waals surface area contributed by atoms with E-state index in [9.17, 15) is 0 Å². The highest BCUT2D eigenvalue weighted by molar-refractivity contribution is 5.27. The molecule has 0 radical (unpaired) electrons. The third kappa shape index (κ3) is 7.27. The summed E-state index contributed by atoms with van der Waals surface area (Å²) in [6.07, 6.45) is 37.7. The molecule has 0 spiro atoms. The van der Waals surface area contributed by atoms with Gasteiger partial charge in [0.15, 0.2) is 0 Å². The Hall–Kier alpha value is -0.560. The summed E-state index contributed by atoms with van der Waals surface area (Å²) in [5.41, 5.74) is 5.67. The van der Waals surface area contributed by atoms with E-state index in [-0.39, 0.29) is 0 Å². The third-order valence-electron chi connectivity index (χ3n) is 20.9. The van der Waals surface area contributed by atoms with Crippen molar-refractivity contribution in [2.45, 2.75) is 223 Å². The molecule has 16 unspecified atom stereocenters. The first kappa shape index (κ1) is 41.2. The lowest BCUT2D eigenvalue weighted by atomic mass is 9.46. The van der Waals surface area contributed by atoms with E-state index in [0.29, 0.717) is 33.9 Å². The fourth-order valence-corrected chi connectivity index (χ4v) is 17.8. The molecule has 0 saturated heterocycles. The van der Waals surface area contributed by atoms with Crippen LogP contribution in [0.3, 0.4) is 0 Å². The zero-order chi connectivity index (χ0) is 38.9. The Morgan fingerprint density at radius 2 is 0.927 bits per heavy atom. The number of hydrogen-bond acceptors (Lipinski definition) is 1. The van der Waals surface area contributed by atoms with Crippen LogP contribution in [0.25, 0.3) is 0 Å². The molecule has 8 aliphatic carbocycles. The summed E-state index contributed by atoms with van der Waals surface area (Å²) in [5, 5.41) is 0. The lowest BCUT2D eigenvalue weighted by Gasteiger charge is -2.59. The van der Waals surface area contributed by atoms with E-state index in [2.05, 4.69) is 81.4 Å². The van der Waals surface area contributed by atoms with Crippen LogP contribution in [0.1, 0.15) is 210 Å². The largest absolute Gasteiger partial charge is 0.374 e. The predicted octanol–water partition coefficient (Wildman–Crippen LogP) is 15.8. The van der Waals surface area contributed by atoms with Crippen LogP contribution in [0.15, 0.2) is 23.3 Å².